The maximum absolute atomic E-state index is 9.29. The first-order valence-electron chi connectivity index (χ1n) is 5.44. The van der Waals surface area contributed by atoms with Crippen molar-refractivity contribution in [1.82, 2.24) is 0 Å². The van der Waals surface area contributed by atoms with Crippen molar-refractivity contribution in [2.75, 3.05) is 11.9 Å². The van der Waals surface area contributed by atoms with Gasteiger partial charge in [-0.15, -0.1) is 0 Å². The van der Waals surface area contributed by atoms with Gasteiger partial charge in [-0.3, -0.25) is 0 Å². The molecule has 0 bridgehead atoms. The second-order valence-corrected chi connectivity index (χ2v) is 5.15. The van der Waals surface area contributed by atoms with Crippen LogP contribution < -0.4 is 5.32 Å². The number of anilines is 1. The topological polar surface area (TPSA) is 32.3 Å². The Labute approximate surface area is 92.3 Å². The first kappa shape index (κ1) is 12.1. The molecule has 0 aromatic heterocycles. The summed E-state index contributed by atoms with van der Waals surface area (Å²) in [7, 11) is 0. The molecule has 0 spiro atoms. The number of hydrogen-bond donors (Lipinski definition) is 2. The van der Waals surface area contributed by atoms with Crippen molar-refractivity contribution in [2.45, 2.75) is 33.2 Å². The second-order valence-electron chi connectivity index (χ2n) is 5.15. The van der Waals surface area contributed by atoms with Gasteiger partial charge < -0.3 is 10.4 Å². The van der Waals surface area contributed by atoms with Crippen molar-refractivity contribution in [3.63, 3.8) is 0 Å². The minimum absolute atomic E-state index is 0.132. The lowest BCUT2D eigenvalue weighted by Crippen LogP contribution is -2.28. The van der Waals surface area contributed by atoms with Crippen molar-refractivity contribution in [3.8, 4) is 0 Å². The molecule has 84 valence electrons. The summed E-state index contributed by atoms with van der Waals surface area (Å²) in [6, 6.07) is 10.1. The van der Waals surface area contributed by atoms with Gasteiger partial charge in [0.05, 0.1) is 6.61 Å². The zero-order valence-corrected chi connectivity index (χ0v) is 9.83. The zero-order valence-electron chi connectivity index (χ0n) is 9.83. The molecule has 0 aliphatic rings. The molecule has 0 radical (unpaired) electrons. The largest absolute Gasteiger partial charge is 0.394 e. The van der Waals surface area contributed by atoms with Gasteiger partial charge in [0.1, 0.15) is 0 Å². The average molecular weight is 207 g/mol. The quantitative estimate of drug-likeness (QED) is 0.795. The van der Waals surface area contributed by atoms with Crippen LogP contribution in [-0.2, 0) is 0 Å². The minimum atomic E-state index is 0.132. The summed E-state index contributed by atoms with van der Waals surface area (Å²) < 4.78 is 0. The number of nitrogens with one attached hydrogen (secondary N) is 1. The minimum Gasteiger partial charge on any atom is -0.394 e. The SMILES string of the molecule is CC(C)(C)CC(CO)Nc1ccccc1. The molecule has 0 aliphatic carbocycles. The lowest BCUT2D eigenvalue weighted by molar-refractivity contribution is 0.234. The van der Waals surface area contributed by atoms with Gasteiger partial charge >= 0.3 is 0 Å². The van der Waals surface area contributed by atoms with Crippen molar-refractivity contribution in [2.24, 2.45) is 5.41 Å². The van der Waals surface area contributed by atoms with E-state index in [0.29, 0.717) is 0 Å². The first-order valence-corrected chi connectivity index (χ1v) is 5.44. The molecule has 15 heavy (non-hydrogen) atoms. The van der Waals surface area contributed by atoms with Gasteiger partial charge in [0.2, 0.25) is 0 Å². The third-order valence-electron chi connectivity index (χ3n) is 2.22. The highest BCUT2D eigenvalue weighted by Crippen LogP contribution is 2.22. The Morgan fingerprint density at radius 2 is 1.80 bits per heavy atom. The molecular weight excluding hydrogens is 186 g/mol. The van der Waals surface area contributed by atoms with E-state index in [2.05, 4.69) is 26.1 Å². The van der Waals surface area contributed by atoms with Crippen LogP contribution in [0.2, 0.25) is 0 Å². The fourth-order valence-electron chi connectivity index (χ4n) is 1.67. The molecule has 1 aromatic carbocycles. The molecule has 0 aliphatic heterocycles. The Balaban J connectivity index is 2.55. The molecule has 2 heteroatoms. The number of rotatable bonds is 4. The van der Waals surface area contributed by atoms with Crippen LogP contribution in [0.25, 0.3) is 0 Å². The molecule has 1 rings (SSSR count). The van der Waals surface area contributed by atoms with Crippen LogP contribution in [0.5, 0.6) is 0 Å². The molecule has 1 aromatic rings. The van der Waals surface area contributed by atoms with Crippen molar-refractivity contribution in [1.29, 1.82) is 0 Å². The van der Waals surface area contributed by atoms with Crippen LogP contribution in [-0.4, -0.2) is 17.8 Å². The molecule has 0 saturated carbocycles. The predicted octanol–water partition coefficient (Wildman–Crippen LogP) is 2.90. The van der Waals surface area contributed by atoms with E-state index in [1.807, 2.05) is 30.3 Å². The van der Waals surface area contributed by atoms with E-state index in [1.54, 1.807) is 0 Å². The molecule has 0 amide bonds. The summed E-state index contributed by atoms with van der Waals surface area (Å²) >= 11 is 0. The molecule has 0 fully saturated rings. The second kappa shape index (κ2) is 5.17. The summed E-state index contributed by atoms with van der Waals surface area (Å²) in [5, 5.41) is 12.6. The van der Waals surface area contributed by atoms with Gasteiger partial charge in [0.25, 0.3) is 0 Å². The van der Waals surface area contributed by atoms with Crippen molar-refractivity contribution in [3.05, 3.63) is 30.3 Å². The van der Waals surface area contributed by atoms with E-state index < -0.39 is 0 Å². The third kappa shape index (κ3) is 4.84. The molecule has 2 nitrogen and oxygen atoms in total. The lowest BCUT2D eigenvalue weighted by atomic mass is 9.88. The maximum atomic E-state index is 9.29. The normalized spacial score (nSPS) is 13.6. The van der Waals surface area contributed by atoms with Gasteiger partial charge in [-0.25, -0.2) is 0 Å². The Morgan fingerprint density at radius 3 is 2.27 bits per heavy atom. The van der Waals surface area contributed by atoms with Crippen LogP contribution >= 0.6 is 0 Å². The van der Waals surface area contributed by atoms with Crippen LogP contribution in [0.3, 0.4) is 0 Å². The molecule has 1 atom stereocenters. The Hall–Kier alpha value is -1.02. The van der Waals surface area contributed by atoms with E-state index in [9.17, 15) is 5.11 Å². The van der Waals surface area contributed by atoms with E-state index in [1.165, 1.54) is 0 Å². The molecule has 0 saturated heterocycles. The monoisotopic (exact) mass is 207 g/mol. The number of aliphatic hydroxyl groups is 1. The standard InChI is InChI=1S/C13H21NO/c1-13(2,3)9-12(10-15)14-11-7-5-4-6-8-11/h4-8,12,14-15H,9-10H2,1-3H3. The van der Waals surface area contributed by atoms with Crippen molar-refractivity contribution < 1.29 is 5.11 Å². The smallest absolute Gasteiger partial charge is 0.0633 e. The first-order chi connectivity index (χ1) is 7.01. The molecule has 0 heterocycles. The number of benzene rings is 1. The Bertz CT molecular complexity index is 276. The van der Waals surface area contributed by atoms with Gasteiger partial charge in [0, 0.05) is 11.7 Å². The van der Waals surface area contributed by atoms with Gasteiger partial charge in [-0.1, -0.05) is 39.0 Å². The summed E-state index contributed by atoms with van der Waals surface area (Å²) in [4.78, 5) is 0. The van der Waals surface area contributed by atoms with Crippen molar-refractivity contribution >= 4 is 5.69 Å². The highest BCUT2D eigenvalue weighted by molar-refractivity contribution is 5.43. The third-order valence-corrected chi connectivity index (χ3v) is 2.22. The number of aliphatic hydroxyl groups excluding tert-OH is 1. The molecule has 2 N–H and O–H groups in total. The summed E-state index contributed by atoms with van der Waals surface area (Å²) in [5.41, 5.74) is 1.30. The number of para-hydroxylation sites is 1. The van der Waals surface area contributed by atoms with Crippen LogP contribution in [0.4, 0.5) is 5.69 Å². The van der Waals surface area contributed by atoms with E-state index >= 15 is 0 Å². The van der Waals surface area contributed by atoms with E-state index in [-0.39, 0.29) is 18.1 Å². The average Bonchev–Trinajstić information content (AvgIpc) is 2.16. The lowest BCUT2D eigenvalue weighted by Gasteiger charge is -2.26. The van der Waals surface area contributed by atoms with Crippen LogP contribution in [0.15, 0.2) is 30.3 Å². The number of hydrogen-bond acceptors (Lipinski definition) is 2. The maximum Gasteiger partial charge on any atom is 0.0633 e. The predicted molar refractivity (Wildman–Crippen MR) is 65.0 cm³/mol. The fraction of sp³-hybridized carbons (Fsp3) is 0.538. The highest BCUT2D eigenvalue weighted by atomic mass is 16.3. The van der Waals surface area contributed by atoms with Gasteiger partial charge in [-0.2, -0.15) is 0 Å². The Kier molecular flexibility index (Phi) is 4.15. The summed E-state index contributed by atoms with van der Waals surface area (Å²) in [6.45, 7) is 6.72. The van der Waals surface area contributed by atoms with Gasteiger partial charge in [0.15, 0.2) is 0 Å². The molecular formula is C13H21NO. The highest BCUT2D eigenvalue weighted by Gasteiger charge is 2.17. The summed E-state index contributed by atoms with van der Waals surface area (Å²) in [5.74, 6) is 0. The van der Waals surface area contributed by atoms with Crippen LogP contribution in [0, 0.1) is 5.41 Å². The van der Waals surface area contributed by atoms with E-state index in [0.717, 1.165) is 12.1 Å². The van der Waals surface area contributed by atoms with Gasteiger partial charge in [-0.05, 0) is 24.0 Å². The van der Waals surface area contributed by atoms with Crippen LogP contribution in [0.1, 0.15) is 27.2 Å². The summed E-state index contributed by atoms with van der Waals surface area (Å²) in [6.07, 6.45) is 0.957. The molecule has 1 unspecified atom stereocenters. The Morgan fingerprint density at radius 1 is 1.20 bits per heavy atom. The zero-order chi connectivity index (χ0) is 11.3. The fourth-order valence-corrected chi connectivity index (χ4v) is 1.67. The van der Waals surface area contributed by atoms with E-state index in [4.69, 9.17) is 0 Å².